The summed E-state index contributed by atoms with van der Waals surface area (Å²) in [6.45, 7) is 0. The second-order valence-electron chi connectivity index (χ2n) is 4.53. The number of rotatable bonds is 2. The van der Waals surface area contributed by atoms with Gasteiger partial charge in [0.05, 0.1) is 5.52 Å². The van der Waals surface area contributed by atoms with Gasteiger partial charge in [-0.15, -0.1) is 0 Å². The molecule has 0 spiro atoms. The Morgan fingerprint density at radius 3 is 2.70 bits per heavy atom. The van der Waals surface area contributed by atoms with Crippen LogP contribution in [-0.4, -0.2) is 10.1 Å². The zero-order chi connectivity index (χ0) is 14.1. The number of aliphatic hydroxyl groups is 1. The summed E-state index contributed by atoms with van der Waals surface area (Å²) in [6.07, 6.45) is 0.965. The van der Waals surface area contributed by atoms with E-state index in [1.54, 1.807) is 18.3 Å². The molecule has 1 atom stereocenters. The summed E-state index contributed by atoms with van der Waals surface area (Å²) < 4.78 is 0.783. The third kappa shape index (κ3) is 2.57. The lowest BCUT2D eigenvalue weighted by atomic mass is 10.0. The first-order valence-electron chi connectivity index (χ1n) is 6.13. The Morgan fingerprint density at radius 2 is 1.90 bits per heavy atom. The highest BCUT2D eigenvalue weighted by Gasteiger charge is 2.14. The number of hydrogen-bond acceptors (Lipinski definition) is 2. The number of para-hydroxylation sites is 1. The van der Waals surface area contributed by atoms with Crippen LogP contribution in [0.2, 0.25) is 5.02 Å². The quantitative estimate of drug-likeness (QED) is 0.726. The molecule has 3 rings (SSSR count). The number of hydrogen-bond donors (Lipinski definition) is 1. The normalized spacial score (nSPS) is 12.6. The molecule has 1 heterocycles. The minimum atomic E-state index is -0.737. The summed E-state index contributed by atoms with van der Waals surface area (Å²) in [5.74, 6) is 0. The topological polar surface area (TPSA) is 33.1 Å². The van der Waals surface area contributed by atoms with Crippen LogP contribution in [0.4, 0.5) is 0 Å². The fourth-order valence-electron chi connectivity index (χ4n) is 2.14. The highest BCUT2D eigenvalue weighted by molar-refractivity contribution is 9.10. The molecule has 2 aromatic carbocycles. The predicted molar refractivity (Wildman–Crippen MR) is 85.0 cm³/mol. The first-order valence-corrected chi connectivity index (χ1v) is 7.30. The number of aliphatic hydroxyl groups excluding tert-OH is 1. The van der Waals surface area contributed by atoms with Gasteiger partial charge in [-0.2, -0.15) is 0 Å². The molecule has 1 aromatic heterocycles. The summed E-state index contributed by atoms with van der Waals surface area (Å²) in [5.41, 5.74) is 2.44. The van der Waals surface area contributed by atoms with E-state index >= 15 is 0 Å². The molecule has 0 bridgehead atoms. The van der Waals surface area contributed by atoms with Crippen molar-refractivity contribution in [3.05, 3.63) is 75.4 Å². The monoisotopic (exact) mass is 347 g/mol. The molecule has 1 unspecified atom stereocenters. The summed E-state index contributed by atoms with van der Waals surface area (Å²) in [6, 6.07) is 15.1. The van der Waals surface area contributed by atoms with Crippen LogP contribution in [0.1, 0.15) is 17.2 Å². The lowest BCUT2D eigenvalue weighted by Crippen LogP contribution is -2.01. The molecule has 3 aromatic rings. The molecule has 100 valence electrons. The number of fused-ring (bicyclic) bond motifs is 1. The second kappa shape index (κ2) is 5.52. The molecule has 0 saturated heterocycles. The average molecular weight is 349 g/mol. The van der Waals surface area contributed by atoms with Gasteiger partial charge in [0.1, 0.15) is 6.10 Å². The van der Waals surface area contributed by atoms with Gasteiger partial charge in [-0.1, -0.05) is 51.8 Å². The van der Waals surface area contributed by atoms with Gasteiger partial charge in [0.25, 0.3) is 0 Å². The van der Waals surface area contributed by atoms with E-state index in [0.717, 1.165) is 26.5 Å². The fourth-order valence-corrected chi connectivity index (χ4v) is 3.04. The van der Waals surface area contributed by atoms with Crippen molar-refractivity contribution in [2.75, 3.05) is 0 Å². The fraction of sp³-hybridized carbons (Fsp3) is 0.0625. The maximum atomic E-state index is 10.5. The van der Waals surface area contributed by atoms with E-state index in [-0.39, 0.29) is 0 Å². The Hall–Kier alpha value is -1.42. The molecule has 0 aliphatic rings. The van der Waals surface area contributed by atoms with E-state index in [2.05, 4.69) is 20.9 Å². The Balaban J connectivity index is 2.05. The first kappa shape index (κ1) is 13.6. The van der Waals surface area contributed by atoms with Gasteiger partial charge in [-0.25, -0.2) is 0 Å². The number of halogens is 2. The Morgan fingerprint density at radius 1 is 1.10 bits per heavy atom. The molecule has 0 amide bonds. The van der Waals surface area contributed by atoms with Crippen LogP contribution >= 0.6 is 27.5 Å². The maximum Gasteiger partial charge on any atom is 0.107 e. The minimum Gasteiger partial charge on any atom is -0.384 e. The van der Waals surface area contributed by atoms with E-state index in [9.17, 15) is 5.11 Å². The third-order valence-corrected chi connectivity index (χ3v) is 4.11. The predicted octanol–water partition coefficient (Wildman–Crippen LogP) is 4.73. The van der Waals surface area contributed by atoms with Gasteiger partial charge < -0.3 is 5.11 Å². The van der Waals surface area contributed by atoms with E-state index in [0.29, 0.717) is 5.02 Å². The smallest absolute Gasteiger partial charge is 0.107 e. The summed E-state index contributed by atoms with van der Waals surface area (Å²) in [7, 11) is 0. The van der Waals surface area contributed by atoms with Gasteiger partial charge in [0, 0.05) is 26.6 Å². The van der Waals surface area contributed by atoms with Crippen molar-refractivity contribution < 1.29 is 5.11 Å². The highest BCUT2D eigenvalue weighted by atomic mass is 79.9. The molecule has 0 radical (unpaired) electrons. The second-order valence-corrected chi connectivity index (χ2v) is 5.82. The van der Waals surface area contributed by atoms with Crippen molar-refractivity contribution in [3.63, 3.8) is 0 Å². The van der Waals surface area contributed by atoms with Gasteiger partial charge >= 0.3 is 0 Å². The zero-order valence-corrected chi connectivity index (χ0v) is 12.8. The van der Waals surface area contributed by atoms with Crippen LogP contribution in [0, 0.1) is 0 Å². The van der Waals surface area contributed by atoms with Crippen molar-refractivity contribution in [2.24, 2.45) is 0 Å². The van der Waals surface area contributed by atoms with Gasteiger partial charge in [0.2, 0.25) is 0 Å². The summed E-state index contributed by atoms with van der Waals surface area (Å²) in [4.78, 5) is 4.37. The Bertz CT molecular complexity index is 775. The standard InChI is InChI=1S/C16H11BrClNO/c17-14-8-12(18)5-6-13(14)16(20)11-7-10-3-1-2-4-15(10)19-9-11/h1-9,16,20H. The molecular weight excluding hydrogens is 338 g/mol. The van der Waals surface area contributed by atoms with Crippen LogP contribution in [0.5, 0.6) is 0 Å². The van der Waals surface area contributed by atoms with E-state index in [1.165, 1.54) is 0 Å². The Kier molecular flexibility index (Phi) is 3.74. The molecular formula is C16H11BrClNO. The maximum absolute atomic E-state index is 10.5. The third-order valence-electron chi connectivity index (χ3n) is 3.18. The van der Waals surface area contributed by atoms with Crippen LogP contribution < -0.4 is 0 Å². The lowest BCUT2D eigenvalue weighted by Gasteiger charge is -2.14. The summed E-state index contributed by atoms with van der Waals surface area (Å²) in [5, 5.41) is 12.1. The number of nitrogens with zero attached hydrogens (tertiary/aromatic N) is 1. The van der Waals surface area contributed by atoms with Gasteiger partial charge in [0.15, 0.2) is 0 Å². The van der Waals surface area contributed by atoms with E-state index in [4.69, 9.17) is 11.6 Å². The zero-order valence-electron chi connectivity index (χ0n) is 10.4. The largest absolute Gasteiger partial charge is 0.384 e. The molecule has 1 N–H and O–H groups in total. The van der Waals surface area contributed by atoms with Crippen LogP contribution in [-0.2, 0) is 0 Å². The van der Waals surface area contributed by atoms with Crippen LogP contribution in [0.15, 0.2) is 59.2 Å². The lowest BCUT2D eigenvalue weighted by molar-refractivity contribution is 0.219. The average Bonchev–Trinajstić information content (AvgIpc) is 2.46. The van der Waals surface area contributed by atoms with Crippen molar-refractivity contribution in [3.8, 4) is 0 Å². The SMILES string of the molecule is OC(c1cnc2ccccc2c1)c1ccc(Cl)cc1Br. The van der Waals surface area contributed by atoms with Crippen molar-refractivity contribution in [1.82, 2.24) is 4.98 Å². The minimum absolute atomic E-state index is 0.629. The van der Waals surface area contributed by atoms with Crippen LogP contribution in [0.25, 0.3) is 10.9 Å². The number of benzene rings is 2. The van der Waals surface area contributed by atoms with E-state index < -0.39 is 6.10 Å². The molecule has 4 heteroatoms. The van der Waals surface area contributed by atoms with Crippen molar-refractivity contribution >= 4 is 38.4 Å². The molecule has 0 saturated carbocycles. The Labute approximate surface area is 130 Å². The van der Waals surface area contributed by atoms with Crippen molar-refractivity contribution in [2.45, 2.75) is 6.10 Å². The molecule has 0 aliphatic carbocycles. The van der Waals surface area contributed by atoms with Gasteiger partial charge in [-0.3, -0.25) is 4.98 Å². The van der Waals surface area contributed by atoms with Crippen molar-refractivity contribution in [1.29, 1.82) is 0 Å². The molecule has 0 aliphatic heterocycles. The molecule has 20 heavy (non-hydrogen) atoms. The highest BCUT2D eigenvalue weighted by Crippen LogP contribution is 2.31. The van der Waals surface area contributed by atoms with Gasteiger partial charge in [-0.05, 0) is 29.8 Å². The summed E-state index contributed by atoms with van der Waals surface area (Å²) >= 11 is 9.35. The van der Waals surface area contributed by atoms with Crippen LogP contribution in [0.3, 0.4) is 0 Å². The molecule has 2 nitrogen and oxygen atoms in total. The number of aromatic nitrogens is 1. The number of pyridine rings is 1. The first-order chi connectivity index (χ1) is 9.65. The van der Waals surface area contributed by atoms with E-state index in [1.807, 2.05) is 36.4 Å². The molecule has 0 fully saturated rings.